The third-order valence-corrected chi connectivity index (χ3v) is 7.79. The summed E-state index contributed by atoms with van der Waals surface area (Å²) in [5.41, 5.74) is 2.65. The van der Waals surface area contributed by atoms with Crippen molar-refractivity contribution in [2.75, 3.05) is 0 Å². The Labute approximate surface area is 133 Å². The first-order valence-electron chi connectivity index (χ1n) is 3.58. The quantitative estimate of drug-likeness (QED) is 0.402. The van der Waals surface area contributed by atoms with Crippen LogP contribution in [0.2, 0.25) is 39.3 Å². The summed E-state index contributed by atoms with van der Waals surface area (Å²) in [5.74, 6) is 0. The predicted molar refractivity (Wildman–Crippen MR) is 70.2 cm³/mol. The minimum Gasteiger partial charge on any atom is -1.00 e. The molecule has 0 aliphatic rings. The maximum Gasteiger partial charge on any atom is 0.0444 e. The van der Waals surface area contributed by atoms with Crippen LogP contribution in [0.1, 0.15) is 14.9 Å². The molecule has 0 saturated carbocycles. The van der Waals surface area contributed by atoms with Crippen LogP contribution in [0, 0.1) is 5.67 Å². The predicted octanol–water partition coefficient (Wildman–Crippen LogP) is -2.16. The fraction of sp³-hybridized carbons (Fsp3) is 0.889. The van der Waals surface area contributed by atoms with Crippen molar-refractivity contribution in [1.82, 2.24) is 0 Å². The second-order valence-corrected chi connectivity index (χ2v) is 15.5. The molecular formula is C9H27Br2SbSi2-2. The summed E-state index contributed by atoms with van der Waals surface area (Å²) in [4.78, 5) is 0. The van der Waals surface area contributed by atoms with Gasteiger partial charge < -0.3 is 34.0 Å². The molecule has 0 amide bonds. The van der Waals surface area contributed by atoms with Gasteiger partial charge in [-0.3, -0.25) is 0 Å². The number of halogens is 2. The van der Waals surface area contributed by atoms with Crippen molar-refractivity contribution < 1.29 is 34.0 Å². The zero-order chi connectivity index (χ0) is 7.71. The van der Waals surface area contributed by atoms with E-state index in [1.165, 1.54) is 0 Å². The van der Waals surface area contributed by atoms with E-state index >= 15 is 0 Å². The fourth-order valence-electron chi connectivity index (χ4n) is 1.30. The van der Waals surface area contributed by atoms with Crippen molar-refractivity contribution in [2.45, 2.75) is 54.1 Å². The van der Waals surface area contributed by atoms with Gasteiger partial charge in [0.2, 0.25) is 0 Å². The Morgan fingerprint density at radius 2 is 0.786 bits per heavy atom. The van der Waals surface area contributed by atoms with E-state index in [-0.39, 0.29) is 73.2 Å². The summed E-state index contributed by atoms with van der Waals surface area (Å²) >= 11 is 0. The molecule has 92 valence electrons. The van der Waals surface area contributed by atoms with Gasteiger partial charge in [0.15, 0.2) is 0 Å². The van der Waals surface area contributed by atoms with Crippen molar-refractivity contribution in [3.05, 3.63) is 5.67 Å². The molecule has 0 aromatic heterocycles. The SMILES string of the molecule is C.C.C[Si](C)(C)[CH][Si](C)(C)C.[Br-].[Br-].[Sb]. The molecule has 0 spiro atoms. The maximum atomic E-state index is 2.65. The molecule has 14 heavy (non-hydrogen) atoms. The van der Waals surface area contributed by atoms with E-state index in [9.17, 15) is 0 Å². The van der Waals surface area contributed by atoms with Gasteiger partial charge in [-0.1, -0.05) is 59.8 Å². The summed E-state index contributed by atoms with van der Waals surface area (Å²) in [6.07, 6.45) is 0. The largest absolute Gasteiger partial charge is 1.00 e. The van der Waals surface area contributed by atoms with Gasteiger partial charge in [-0.25, -0.2) is 0 Å². The molecule has 0 heterocycles. The van der Waals surface area contributed by atoms with E-state index in [2.05, 4.69) is 44.9 Å². The molecule has 5 heteroatoms. The molecule has 0 N–H and O–H groups in total. The summed E-state index contributed by atoms with van der Waals surface area (Å²) < 4.78 is 0. The molecular weight excluding hydrogens is 446 g/mol. The van der Waals surface area contributed by atoms with Gasteiger partial charge >= 0.3 is 0 Å². The van der Waals surface area contributed by atoms with Crippen LogP contribution < -0.4 is 34.0 Å². The molecule has 0 aliphatic carbocycles. The molecule has 0 aromatic carbocycles. The van der Waals surface area contributed by atoms with E-state index < -0.39 is 16.1 Å². The fourth-order valence-corrected chi connectivity index (χ4v) is 11.7. The normalized spacial score (nSPS) is 9.00. The zero-order valence-electron chi connectivity index (χ0n) is 8.78. The Morgan fingerprint density at radius 1 is 0.643 bits per heavy atom. The van der Waals surface area contributed by atoms with Crippen LogP contribution in [0.3, 0.4) is 0 Å². The smallest absolute Gasteiger partial charge is 0.0444 e. The zero-order valence-corrected chi connectivity index (χ0v) is 16.5. The topological polar surface area (TPSA) is 0 Å². The first kappa shape index (κ1) is 36.0. The van der Waals surface area contributed by atoms with Gasteiger partial charge in [0.25, 0.3) is 0 Å². The molecule has 0 bridgehead atoms. The second-order valence-electron chi connectivity index (χ2n) is 4.88. The first-order chi connectivity index (χ1) is 3.71. The third kappa shape index (κ3) is 36.8. The van der Waals surface area contributed by atoms with Crippen LogP contribution in [0.4, 0.5) is 0 Å². The Hall–Kier alpha value is 2.21. The summed E-state index contributed by atoms with van der Waals surface area (Å²) in [5, 5.41) is 0. The third-order valence-electron chi connectivity index (χ3n) is 0.866. The van der Waals surface area contributed by atoms with Crippen molar-refractivity contribution in [2.24, 2.45) is 0 Å². The van der Waals surface area contributed by atoms with Gasteiger partial charge in [0.05, 0.1) is 0 Å². The monoisotopic (exact) mass is 470 g/mol. The number of hydrogen-bond donors (Lipinski definition) is 0. The standard InChI is InChI=1S/C7H19Si2.2CH4.2BrH.Sb/c1-8(2,3)7-9(4,5)6;;;;;/h7H,1-6H3;2*1H4;2*1H;/p-2. The van der Waals surface area contributed by atoms with Crippen LogP contribution in [0.5, 0.6) is 0 Å². The molecule has 0 rings (SSSR count). The number of rotatable bonds is 2. The van der Waals surface area contributed by atoms with Crippen LogP contribution in [0.25, 0.3) is 0 Å². The molecule has 0 fully saturated rings. The van der Waals surface area contributed by atoms with E-state index in [0.717, 1.165) is 0 Å². The summed E-state index contributed by atoms with van der Waals surface area (Å²) in [7, 11) is -1.71. The molecule has 0 aromatic rings. The van der Waals surface area contributed by atoms with Crippen molar-refractivity contribution in [3.8, 4) is 0 Å². The van der Waals surface area contributed by atoms with Crippen molar-refractivity contribution >= 4 is 40.6 Å². The van der Waals surface area contributed by atoms with Crippen LogP contribution in [-0.4, -0.2) is 40.6 Å². The van der Waals surface area contributed by atoms with E-state index in [4.69, 9.17) is 0 Å². The second kappa shape index (κ2) is 13.3. The minimum atomic E-state index is -0.856. The molecule has 0 unspecified atom stereocenters. The van der Waals surface area contributed by atoms with E-state index in [1.807, 2.05) is 0 Å². The first-order valence-corrected chi connectivity index (χ1v) is 10.7. The van der Waals surface area contributed by atoms with Gasteiger partial charge in [-0.05, 0) is 0 Å². The van der Waals surface area contributed by atoms with Crippen LogP contribution in [-0.2, 0) is 0 Å². The maximum absolute atomic E-state index is 2.65. The van der Waals surface area contributed by atoms with Gasteiger partial charge in [-0.2, -0.15) is 0 Å². The Kier molecular flexibility index (Phi) is 34.1. The molecule has 0 saturated heterocycles. The molecule has 4 radical (unpaired) electrons. The minimum absolute atomic E-state index is 0. The van der Waals surface area contributed by atoms with Gasteiger partial charge in [0.1, 0.15) is 0 Å². The average molecular weight is 473 g/mol. The van der Waals surface area contributed by atoms with Gasteiger partial charge in [-0.15, -0.1) is 0 Å². The molecule has 0 nitrogen and oxygen atoms in total. The van der Waals surface area contributed by atoms with Crippen LogP contribution >= 0.6 is 0 Å². The number of hydrogen-bond acceptors (Lipinski definition) is 0. The average Bonchev–Trinajstić information content (AvgIpc) is 1.14. The Morgan fingerprint density at radius 3 is 0.786 bits per heavy atom. The van der Waals surface area contributed by atoms with Gasteiger partial charge in [0, 0.05) is 40.6 Å². The Bertz CT molecular complexity index is 86.0. The van der Waals surface area contributed by atoms with Crippen molar-refractivity contribution in [3.63, 3.8) is 0 Å². The summed E-state index contributed by atoms with van der Waals surface area (Å²) in [6.45, 7) is 14.4. The van der Waals surface area contributed by atoms with Crippen LogP contribution in [0.15, 0.2) is 0 Å². The van der Waals surface area contributed by atoms with E-state index in [0.29, 0.717) is 0 Å². The molecule has 0 aliphatic heterocycles. The molecule has 0 atom stereocenters. The van der Waals surface area contributed by atoms with E-state index in [1.54, 1.807) is 0 Å². The summed E-state index contributed by atoms with van der Waals surface area (Å²) in [6, 6.07) is 0. The Balaban J connectivity index is -0.0000000320. The van der Waals surface area contributed by atoms with Crippen molar-refractivity contribution in [1.29, 1.82) is 0 Å².